The highest BCUT2D eigenvalue weighted by Crippen LogP contribution is 2.31. The Bertz CT molecular complexity index is 1170. The van der Waals surface area contributed by atoms with Crippen LogP contribution in [0.15, 0.2) is 48.7 Å². The van der Waals surface area contributed by atoms with Gasteiger partial charge in [0.15, 0.2) is 6.61 Å². The summed E-state index contributed by atoms with van der Waals surface area (Å²) in [6.07, 6.45) is 7.20. The van der Waals surface area contributed by atoms with Crippen molar-refractivity contribution in [3.8, 4) is 11.5 Å². The molecule has 0 spiro atoms. The van der Waals surface area contributed by atoms with Gasteiger partial charge in [-0.3, -0.25) is 9.78 Å². The molecule has 1 aliphatic carbocycles. The molecule has 0 unspecified atom stereocenters. The van der Waals surface area contributed by atoms with Crippen LogP contribution in [0.25, 0.3) is 10.9 Å². The number of ether oxygens (including phenoxy) is 2. The molecule has 2 aromatic carbocycles. The zero-order valence-corrected chi connectivity index (χ0v) is 19.5. The van der Waals surface area contributed by atoms with Gasteiger partial charge in [-0.25, -0.2) is 0 Å². The Morgan fingerprint density at radius 3 is 2.85 bits per heavy atom. The van der Waals surface area contributed by atoms with Gasteiger partial charge in [0.05, 0.1) is 18.3 Å². The molecule has 1 fully saturated rings. The van der Waals surface area contributed by atoms with Gasteiger partial charge in [0.2, 0.25) is 0 Å². The van der Waals surface area contributed by atoms with E-state index < -0.39 is 0 Å². The number of methoxy groups -OCH3 is 1. The Kier molecular flexibility index (Phi) is 6.65. The topological polar surface area (TPSA) is 98.5 Å². The van der Waals surface area contributed by atoms with Gasteiger partial charge < -0.3 is 25.8 Å². The van der Waals surface area contributed by atoms with Crippen molar-refractivity contribution in [2.45, 2.75) is 50.7 Å². The number of fused-ring (bicyclic) bond motifs is 2. The number of aromatic nitrogens is 1. The number of amides is 1. The molecule has 7 heteroatoms. The first-order valence-corrected chi connectivity index (χ1v) is 12.0. The van der Waals surface area contributed by atoms with E-state index in [0.29, 0.717) is 12.0 Å². The van der Waals surface area contributed by atoms with Crippen molar-refractivity contribution in [3.05, 3.63) is 59.8 Å². The van der Waals surface area contributed by atoms with Crippen LogP contribution in [0.4, 0.5) is 5.69 Å². The summed E-state index contributed by atoms with van der Waals surface area (Å²) in [7, 11) is 1.69. The number of carbonyl (C=O) groups excluding carboxylic acids is 1. The lowest BCUT2D eigenvalue weighted by Crippen LogP contribution is -2.39. The maximum Gasteiger partial charge on any atom is 0.262 e. The maximum atomic E-state index is 11.6. The minimum absolute atomic E-state index is 0.0849. The molecule has 1 atom stereocenters. The summed E-state index contributed by atoms with van der Waals surface area (Å²) in [6.45, 7) is 0.858. The van der Waals surface area contributed by atoms with Crippen molar-refractivity contribution in [1.29, 1.82) is 0 Å². The van der Waals surface area contributed by atoms with Crippen molar-refractivity contribution >= 4 is 22.5 Å². The second-order valence-corrected chi connectivity index (χ2v) is 9.38. The molecule has 178 valence electrons. The van der Waals surface area contributed by atoms with Gasteiger partial charge in [0, 0.05) is 30.2 Å². The number of nitrogens with two attached hydrogens (primary N) is 1. The number of rotatable bonds is 7. The lowest BCUT2D eigenvalue weighted by molar-refractivity contribution is -0.118. The Labute approximate surface area is 200 Å². The first kappa shape index (κ1) is 22.6. The third kappa shape index (κ3) is 5.00. The standard InChI is InChI=1S/C27H32N4O3/c1-33-21-7-8-24-22(14-21)19(10-11-29-24)13-23(28)18-3-5-20(6-4-18)30-15-17-2-9-26-25(12-17)31-27(32)16-34-26/h2,7-12,14,18,20,23,30H,3-6,13,15-16,28H2,1H3,(H,31,32)/t18-,20-,23-/m0/s1. The molecule has 0 radical (unpaired) electrons. The van der Waals surface area contributed by atoms with E-state index >= 15 is 0 Å². The Balaban J connectivity index is 1.14. The fourth-order valence-corrected chi connectivity index (χ4v) is 5.16. The quantitative estimate of drug-likeness (QED) is 0.496. The van der Waals surface area contributed by atoms with Gasteiger partial charge in [-0.15, -0.1) is 0 Å². The lowest BCUT2D eigenvalue weighted by atomic mass is 9.79. The zero-order valence-electron chi connectivity index (χ0n) is 19.5. The van der Waals surface area contributed by atoms with E-state index in [9.17, 15) is 4.79 Å². The minimum atomic E-state index is -0.105. The summed E-state index contributed by atoms with van der Waals surface area (Å²) in [5.74, 6) is 1.99. The van der Waals surface area contributed by atoms with Gasteiger partial charge in [0.1, 0.15) is 11.5 Å². The predicted molar refractivity (Wildman–Crippen MR) is 133 cm³/mol. The molecule has 1 aliphatic heterocycles. The molecule has 0 saturated heterocycles. The average Bonchev–Trinajstić information content (AvgIpc) is 2.87. The van der Waals surface area contributed by atoms with E-state index in [2.05, 4.69) is 33.8 Å². The van der Waals surface area contributed by atoms with Crippen LogP contribution in [0.2, 0.25) is 0 Å². The Hall–Kier alpha value is -3.16. The van der Waals surface area contributed by atoms with Crippen molar-refractivity contribution in [2.24, 2.45) is 11.7 Å². The number of hydrogen-bond donors (Lipinski definition) is 3. The van der Waals surface area contributed by atoms with E-state index in [1.54, 1.807) is 7.11 Å². The first-order valence-electron chi connectivity index (χ1n) is 12.0. The molecule has 3 aromatic rings. The monoisotopic (exact) mass is 460 g/mol. The fourth-order valence-electron chi connectivity index (χ4n) is 5.16. The van der Waals surface area contributed by atoms with Crippen LogP contribution in [0.1, 0.15) is 36.8 Å². The van der Waals surface area contributed by atoms with Crippen LogP contribution in [-0.4, -0.2) is 36.7 Å². The number of benzene rings is 2. The summed E-state index contributed by atoms with van der Waals surface area (Å²) in [5.41, 5.74) is 10.8. The molecule has 5 rings (SSSR count). The maximum absolute atomic E-state index is 11.6. The highest BCUT2D eigenvalue weighted by Gasteiger charge is 2.26. The highest BCUT2D eigenvalue weighted by atomic mass is 16.5. The summed E-state index contributed by atoms with van der Waals surface area (Å²) in [4.78, 5) is 16.1. The molecular formula is C27H32N4O3. The van der Waals surface area contributed by atoms with Gasteiger partial charge in [-0.05, 0) is 85.5 Å². The molecule has 0 bridgehead atoms. The molecule has 1 saturated carbocycles. The second kappa shape index (κ2) is 9.99. The summed E-state index contributed by atoms with van der Waals surface area (Å²) in [5, 5.41) is 7.69. The van der Waals surface area contributed by atoms with E-state index in [1.807, 2.05) is 30.5 Å². The van der Waals surface area contributed by atoms with Crippen LogP contribution in [0, 0.1) is 5.92 Å². The molecule has 1 aromatic heterocycles. The molecule has 2 heterocycles. The number of pyridine rings is 1. The van der Waals surface area contributed by atoms with Crippen LogP contribution < -0.4 is 25.8 Å². The van der Waals surface area contributed by atoms with Crippen LogP contribution in [0.3, 0.4) is 0 Å². The van der Waals surface area contributed by atoms with Gasteiger partial charge in [-0.2, -0.15) is 0 Å². The van der Waals surface area contributed by atoms with Crippen molar-refractivity contribution < 1.29 is 14.3 Å². The largest absolute Gasteiger partial charge is 0.497 e. The summed E-state index contributed by atoms with van der Waals surface area (Å²) in [6, 6.07) is 14.7. The van der Waals surface area contributed by atoms with Crippen LogP contribution in [-0.2, 0) is 17.8 Å². The predicted octanol–water partition coefficient (Wildman–Crippen LogP) is 3.79. The molecule has 34 heavy (non-hydrogen) atoms. The number of anilines is 1. The second-order valence-electron chi connectivity index (χ2n) is 9.38. The molecule has 2 aliphatic rings. The number of nitrogens with one attached hydrogen (secondary N) is 2. The van der Waals surface area contributed by atoms with Crippen molar-refractivity contribution in [2.75, 3.05) is 19.0 Å². The molecule has 7 nitrogen and oxygen atoms in total. The summed E-state index contributed by atoms with van der Waals surface area (Å²) < 4.78 is 10.8. The van der Waals surface area contributed by atoms with Crippen LogP contribution >= 0.6 is 0 Å². The normalized spacial score (nSPS) is 20.8. The van der Waals surface area contributed by atoms with E-state index in [1.165, 1.54) is 5.56 Å². The van der Waals surface area contributed by atoms with Crippen molar-refractivity contribution in [3.63, 3.8) is 0 Å². The molecular weight excluding hydrogens is 428 g/mol. The van der Waals surface area contributed by atoms with Gasteiger partial charge in [0.25, 0.3) is 5.91 Å². The zero-order chi connectivity index (χ0) is 23.5. The van der Waals surface area contributed by atoms with Crippen molar-refractivity contribution in [1.82, 2.24) is 10.3 Å². The SMILES string of the molecule is COc1ccc2nccc(C[C@H](N)[C@H]3CC[C@H](NCc4ccc5c(c4)NC(=O)CO5)CC3)c2c1. The average molecular weight is 461 g/mol. The van der Waals surface area contributed by atoms with Crippen LogP contribution in [0.5, 0.6) is 11.5 Å². The Morgan fingerprint density at radius 1 is 1.18 bits per heavy atom. The first-order chi connectivity index (χ1) is 16.6. The fraction of sp³-hybridized carbons (Fsp3) is 0.407. The van der Waals surface area contributed by atoms with Gasteiger partial charge in [-0.1, -0.05) is 6.07 Å². The molecule has 4 N–H and O–H groups in total. The van der Waals surface area contributed by atoms with E-state index in [4.69, 9.17) is 15.2 Å². The van der Waals surface area contributed by atoms with E-state index in [0.717, 1.165) is 72.3 Å². The lowest BCUT2D eigenvalue weighted by Gasteiger charge is -2.33. The van der Waals surface area contributed by atoms with E-state index in [-0.39, 0.29) is 18.6 Å². The number of carbonyl (C=O) groups is 1. The summed E-state index contributed by atoms with van der Waals surface area (Å²) >= 11 is 0. The minimum Gasteiger partial charge on any atom is -0.497 e. The molecule has 1 amide bonds. The highest BCUT2D eigenvalue weighted by molar-refractivity contribution is 5.95. The number of hydrogen-bond acceptors (Lipinski definition) is 6. The third-order valence-electron chi connectivity index (χ3n) is 7.14. The smallest absolute Gasteiger partial charge is 0.262 e. The third-order valence-corrected chi connectivity index (χ3v) is 7.14. The van der Waals surface area contributed by atoms with Gasteiger partial charge >= 0.3 is 0 Å². The number of nitrogens with zero attached hydrogens (tertiary/aromatic N) is 1. The Morgan fingerprint density at radius 2 is 2.03 bits per heavy atom.